The Hall–Kier alpha value is -3.03. The number of aryl methyl sites for hydroxylation is 1. The van der Waals surface area contributed by atoms with Gasteiger partial charge in [0.1, 0.15) is 0 Å². The number of benzene rings is 2. The number of fused-ring (bicyclic) bond motifs is 1. The van der Waals surface area contributed by atoms with Crippen molar-refractivity contribution < 1.29 is 9.59 Å². The van der Waals surface area contributed by atoms with Crippen LogP contribution in [0.15, 0.2) is 61.2 Å². The number of hydrogen-bond donors (Lipinski definition) is 0. The number of hydrogen-bond acceptors (Lipinski definition) is 5. The third-order valence-electron chi connectivity index (χ3n) is 4.71. The summed E-state index contributed by atoms with van der Waals surface area (Å²) >= 11 is 7.54. The molecule has 4 aromatic rings. The molecule has 30 heavy (non-hydrogen) atoms. The Morgan fingerprint density at radius 2 is 1.90 bits per heavy atom. The lowest BCUT2D eigenvalue weighted by molar-refractivity contribution is 0.0982. The van der Waals surface area contributed by atoms with Gasteiger partial charge in [-0.15, -0.1) is 0 Å². The second-order valence-electron chi connectivity index (χ2n) is 6.85. The number of halogens is 1. The summed E-state index contributed by atoms with van der Waals surface area (Å²) in [6.07, 6.45) is 6.12. The molecule has 152 valence electrons. The number of aromatic nitrogens is 3. The number of carbonyl (C=O) groups excluding carboxylic acids is 2. The van der Waals surface area contributed by atoms with Gasteiger partial charge < -0.3 is 4.57 Å². The van der Waals surface area contributed by atoms with Crippen LogP contribution in [-0.2, 0) is 6.54 Å². The Morgan fingerprint density at radius 1 is 1.13 bits per heavy atom. The van der Waals surface area contributed by atoms with Crippen LogP contribution >= 0.6 is 22.9 Å². The van der Waals surface area contributed by atoms with Gasteiger partial charge in [-0.3, -0.25) is 14.5 Å². The van der Waals surface area contributed by atoms with Gasteiger partial charge >= 0.3 is 0 Å². The Labute approximate surface area is 182 Å². The van der Waals surface area contributed by atoms with E-state index in [-0.39, 0.29) is 11.7 Å². The first-order valence-electron chi connectivity index (χ1n) is 9.46. The molecule has 1 amide bonds. The molecule has 0 aliphatic heterocycles. The van der Waals surface area contributed by atoms with Gasteiger partial charge in [-0.05, 0) is 43.7 Å². The zero-order valence-corrected chi connectivity index (χ0v) is 17.9. The maximum Gasteiger partial charge on any atom is 0.260 e. The number of Topliss-reactive ketones (excluding diaryl/α,β-unsaturated/α-hetero) is 1. The second kappa shape index (κ2) is 8.77. The quantitative estimate of drug-likeness (QED) is 0.377. The minimum Gasteiger partial charge on any atom is -0.337 e. The number of carbonyl (C=O) groups is 2. The highest BCUT2D eigenvalue weighted by Crippen LogP contribution is 2.31. The van der Waals surface area contributed by atoms with Gasteiger partial charge in [-0.1, -0.05) is 35.1 Å². The van der Waals surface area contributed by atoms with E-state index in [9.17, 15) is 9.59 Å². The van der Waals surface area contributed by atoms with Crippen LogP contribution in [0.2, 0.25) is 5.02 Å². The van der Waals surface area contributed by atoms with Gasteiger partial charge in [0.2, 0.25) is 0 Å². The molecule has 2 heterocycles. The lowest BCUT2D eigenvalue weighted by Gasteiger charge is -2.20. The predicted octanol–water partition coefficient (Wildman–Crippen LogP) is 5.09. The van der Waals surface area contributed by atoms with Crippen LogP contribution in [0.3, 0.4) is 0 Å². The van der Waals surface area contributed by atoms with E-state index in [1.54, 1.807) is 47.8 Å². The molecule has 0 aliphatic carbocycles. The van der Waals surface area contributed by atoms with E-state index < -0.39 is 0 Å². The molecular weight excluding hydrogens is 420 g/mol. The third kappa shape index (κ3) is 4.42. The van der Waals surface area contributed by atoms with Gasteiger partial charge in [-0.2, -0.15) is 0 Å². The van der Waals surface area contributed by atoms with Crippen LogP contribution in [0.4, 0.5) is 5.13 Å². The Kier molecular flexibility index (Phi) is 5.92. The van der Waals surface area contributed by atoms with Gasteiger partial charge in [-0.25, -0.2) is 9.97 Å². The highest BCUT2D eigenvalue weighted by molar-refractivity contribution is 7.22. The van der Waals surface area contributed by atoms with Crippen molar-refractivity contribution in [1.82, 2.24) is 14.5 Å². The fourth-order valence-electron chi connectivity index (χ4n) is 3.12. The normalized spacial score (nSPS) is 11.0. The summed E-state index contributed by atoms with van der Waals surface area (Å²) in [6, 6.07) is 12.2. The van der Waals surface area contributed by atoms with E-state index in [0.717, 1.165) is 23.2 Å². The molecule has 0 saturated carbocycles. The summed E-state index contributed by atoms with van der Waals surface area (Å²) in [4.78, 5) is 35.3. The zero-order valence-electron chi connectivity index (χ0n) is 16.3. The van der Waals surface area contributed by atoms with E-state index in [4.69, 9.17) is 11.6 Å². The molecule has 0 unspecified atom stereocenters. The SMILES string of the molecule is CC(=O)c1ccc(C(=O)N(CCCn2ccnc2)c2nc3ccc(Cl)cc3s2)cc1. The first kappa shape index (κ1) is 20.3. The van der Waals surface area contributed by atoms with E-state index in [0.29, 0.717) is 27.8 Å². The zero-order chi connectivity index (χ0) is 21.1. The number of thiazole rings is 1. The van der Waals surface area contributed by atoms with Crippen LogP contribution in [-0.4, -0.2) is 32.8 Å². The standard InChI is InChI=1S/C22H19ClN4O2S/c1-15(28)16-3-5-17(6-4-16)21(29)27(11-2-10-26-12-9-24-14-26)22-25-19-8-7-18(23)13-20(19)30-22/h3-9,12-14H,2,10-11H2,1H3. The highest BCUT2D eigenvalue weighted by atomic mass is 35.5. The van der Waals surface area contributed by atoms with E-state index in [1.807, 2.05) is 22.9 Å². The van der Waals surface area contributed by atoms with Crippen molar-refractivity contribution in [1.29, 1.82) is 0 Å². The largest absolute Gasteiger partial charge is 0.337 e. The molecule has 0 atom stereocenters. The molecule has 6 nitrogen and oxygen atoms in total. The second-order valence-corrected chi connectivity index (χ2v) is 8.30. The molecule has 0 N–H and O–H groups in total. The number of imidazole rings is 1. The van der Waals surface area contributed by atoms with E-state index >= 15 is 0 Å². The summed E-state index contributed by atoms with van der Waals surface area (Å²) < 4.78 is 2.90. The molecule has 0 radical (unpaired) electrons. The number of nitrogens with zero attached hydrogens (tertiary/aromatic N) is 4. The lowest BCUT2D eigenvalue weighted by atomic mass is 10.1. The van der Waals surface area contributed by atoms with Crippen molar-refractivity contribution in [2.45, 2.75) is 19.9 Å². The average molecular weight is 439 g/mol. The van der Waals surface area contributed by atoms with Gasteiger partial charge in [0, 0.05) is 41.6 Å². The molecule has 0 spiro atoms. The molecule has 2 aromatic carbocycles. The molecule has 0 aliphatic rings. The summed E-state index contributed by atoms with van der Waals surface area (Å²) in [7, 11) is 0. The van der Waals surface area contributed by atoms with Crippen molar-refractivity contribution in [3.05, 3.63) is 77.3 Å². The maximum atomic E-state index is 13.3. The maximum absolute atomic E-state index is 13.3. The average Bonchev–Trinajstić information content (AvgIpc) is 3.40. The van der Waals surface area contributed by atoms with Crippen molar-refractivity contribution in [3.8, 4) is 0 Å². The topological polar surface area (TPSA) is 68.1 Å². The van der Waals surface area contributed by atoms with Crippen molar-refractivity contribution in [2.75, 3.05) is 11.4 Å². The smallest absolute Gasteiger partial charge is 0.260 e. The molecule has 0 saturated heterocycles. The third-order valence-corrected chi connectivity index (χ3v) is 5.99. The van der Waals surface area contributed by atoms with E-state index in [1.165, 1.54) is 18.3 Å². The van der Waals surface area contributed by atoms with Crippen LogP contribution in [0, 0.1) is 0 Å². The number of anilines is 1. The van der Waals surface area contributed by atoms with Crippen LogP contribution in [0.1, 0.15) is 34.1 Å². The fourth-order valence-corrected chi connectivity index (χ4v) is 4.39. The first-order chi connectivity index (χ1) is 14.5. The molecule has 2 aromatic heterocycles. The number of rotatable bonds is 7. The first-order valence-corrected chi connectivity index (χ1v) is 10.7. The summed E-state index contributed by atoms with van der Waals surface area (Å²) in [5.41, 5.74) is 1.89. The Balaban J connectivity index is 1.62. The van der Waals surface area contributed by atoms with Crippen LogP contribution in [0.5, 0.6) is 0 Å². The van der Waals surface area contributed by atoms with Crippen LogP contribution < -0.4 is 4.90 Å². The fraction of sp³-hybridized carbons (Fsp3) is 0.182. The van der Waals surface area contributed by atoms with Crippen molar-refractivity contribution >= 4 is 50.0 Å². The monoisotopic (exact) mass is 438 g/mol. The molecule has 8 heteroatoms. The van der Waals surface area contributed by atoms with E-state index in [2.05, 4.69) is 9.97 Å². The van der Waals surface area contributed by atoms with Crippen molar-refractivity contribution in [2.24, 2.45) is 0 Å². The van der Waals surface area contributed by atoms with Gasteiger partial charge in [0.05, 0.1) is 16.5 Å². The molecular formula is C22H19ClN4O2S. The minimum atomic E-state index is -0.152. The highest BCUT2D eigenvalue weighted by Gasteiger charge is 2.21. The van der Waals surface area contributed by atoms with Gasteiger partial charge in [0.15, 0.2) is 10.9 Å². The Morgan fingerprint density at radius 3 is 2.60 bits per heavy atom. The van der Waals surface area contributed by atoms with Gasteiger partial charge in [0.25, 0.3) is 5.91 Å². The summed E-state index contributed by atoms with van der Waals surface area (Å²) in [6.45, 7) is 2.74. The van der Waals surface area contributed by atoms with Crippen molar-refractivity contribution in [3.63, 3.8) is 0 Å². The summed E-state index contributed by atoms with van der Waals surface area (Å²) in [5, 5.41) is 1.26. The minimum absolute atomic E-state index is 0.0331. The molecule has 0 fully saturated rings. The predicted molar refractivity (Wildman–Crippen MR) is 120 cm³/mol. The summed E-state index contributed by atoms with van der Waals surface area (Å²) in [5.74, 6) is -0.185. The van der Waals surface area contributed by atoms with Crippen LogP contribution in [0.25, 0.3) is 10.2 Å². The number of ketones is 1. The lowest BCUT2D eigenvalue weighted by Crippen LogP contribution is -2.32. The molecule has 4 rings (SSSR count). The number of amides is 1. The Bertz CT molecular complexity index is 1190. The molecule has 0 bridgehead atoms.